The Kier molecular flexibility index (Phi) is 19.7. The van der Waals surface area contributed by atoms with Crippen molar-refractivity contribution in [1.29, 1.82) is 0 Å². The topological polar surface area (TPSA) is 55.4 Å². The maximum atomic E-state index is 5.39. The van der Waals surface area contributed by atoms with E-state index in [-0.39, 0.29) is 46.3 Å². The minimum absolute atomic E-state index is 0.0833. The molecule has 0 aromatic rings. The first-order chi connectivity index (χ1) is 14.0. The lowest BCUT2D eigenvalue weighted by Gasteiger charge is -2.28. The van der Waals surface area contributed by atoms with Crippen molar-refractivity contribution >= 4 is 36.6 Å². The second-order valence-electron chi connectivity index (χ2n) is 8.25. The van der Waals surface area contributed by atoms with Crippen LogP contribution in [0.2, 0.25) is 42.8 Å². The monoisotopic (exact) mass is 484 g/mol. The molecule has 6 nitrogen and oxygen atoms in total. The first kappa shape index (κ1) is 29.6. The van der Waals surface area contributed by atoms with E-state index in [0.29, 0.717) is 0 Å². The highest BCUT2D eigenvalue weighted by molar-refractivity contribution is 6.78. The van der Waals surface area contributed by atoms with E-state index in [4.69, 9.17) is 28.4 Å². The van der Waals surface area contributed by atoms with E-state index in [2.05, 4.69) is 6.55 Å². The predicted octanol–water partition coefficient (Wildman–Crippen LogP) is 1.73. The molecule has 0 N–H and O–H groups in total. The van der Waals surface area contributed by atoms with Crippen LogP contribution in [0.1, 0.15) is 19.3 Å². The zero-order valence-electron chi connectivity index (χ0n) is 20.2. The molecule has 0 unspecified atom stereocenters. The van der Waals surface area contributed by atoms with Crippen LogP contribution in [0.15, 0.2) is 0 Å². The van der Waals surface area contributed by atoms with E-state index < -0.39 is 8.07 Å². The van der Waals surface area contributed by atoms with Gasteiger partial charge in [0.2, 0.25) is 0 Å². The lowest BCUT2D eigenvalue weighted by molar-refractivity contribution is -0.0442. The second-order valence-corrected chi connectivity index (χ2v) is 19.2. The third-order valence-corrected chi connectivity index (χ3v) is 16.8. The van der Waals surface area contributed by atoms with Crippen LogP contribution in [-0.4, -0.2) is 97.0 Å². The molecule has 0 saturated carbocycles. The molecular weight excluding hydrogens is 437 g/mol. The van der Waals surface area contributed by atoms with Gasteiger partial charge in [-0.1, -0.05) is 62.1 Å². The van der Waals surface area contributed by atoms with Gasteiger partial charge in [0.05, 0.1) is 36.6 Å². The van der Waals surface area contributed by atoms with Gasteiger partial charge in [0.25, 0.3) is 0 Å². The lowest BCUT2D eigenvalue weighted by atomic mass is 10.5. The Labute approximate surface area is 187 Å². The molecule has 0 rings (SSSR count). The molecule has 0 aliphatic rings. The number of hydrogen-bond donors (Lipinski definition) is 0. The molecule has 0 fully saturated rings. The molecule has 0 radical (unpaired) electrons. The van der Waals surface area contributed by atoms with Gasteiger partial charge in [-0.05, 0) is 0 Å². The molecule has 0 aromatic carbocycles. The minimum Gasteiger partial charge on any atom is -0.360 e. The predicted molar refractivity (Wildman–Crippen MR) is 133 cm³/mol. The van der Waals surface area contributed by atoms with Crippen molar-refractivity contribution < 1.29 is 28.4 Å². The third-order valence-electron chi connectivity index (χ3n) is 5.99. The molecule has 0 aliphatic carbocycles. The van der Waals surface area contributed by atoms with Crippen LogP contribution < -0.4 is 0 Å². The highest BCUT2D eigenvalue weighted by Crippen LogP contribution is 2.28. The highest BCUT2D eigenvalue weighted by atomic mass is 28.3. The van der Waals surface area contributed by atoms with Crippen molar-refractivity contribution in [1.82, 2.24) is 0 Å². The summed E-state index contributed by atoms with van der Waals surface area (Å²) in [6.07, 6.45) is 4.06. The Balaban J connectivity index is 4.43. The lowest BCUT2D eigenvalue weighted by Crippen LogP contribution is -2.31. The first-order valence-corrected chi connectivity index (χ1v) is 19.7. The van der Waals surface area contributed by atoms with Crippen LogP contribution in [0.25, 0.3) is 0 Å². The minimum atomic E-state index is -1.20. The third kappa shape index (κ3) is 15.1. The Morgan fingerprint density at radius 2 is 0.759 bits per heavy atom. The van der Waals surface area contributed by atoms with Crippen molar-refractivity contribution in [2.75, 3.05) is 42.7 Å². The van der Waals surface area contributed by atoms with Crippen LogP contribution in [0.4, 0.5) is 0 Å². The summed E-state index contributed by atoms with van der Waals surface area (Å²) in [6, 6.07) is 8.30. The van der Waals surface area contributed by atoms with Crippen molar-refractivity contribution in [3.63, 3.8) is 0 Å². The van der Waals surface area contributed by atoms with E-state index in [1.807, 2.05) is 0 Å². The van der Waals surface area contributed by atoms with Gasteiger partial charge >= 0.3 is 0 Å². The van der Waals surface area contributed by atoms with E-state index in [9.17, 15) is 0 Å². The maximum absolute atomic E-state index is 5.39. The average Bonchev–Trinajstić information content (AvgIpc) is 2.74. The van der Waals surface area contributed by atoms with Gasteiger partial charge in [-0.25, -0.2) is 0 Å². The summed E-state index contributed by atoms with van der Waals surface area (Å²) in [5.74, 6) is 0.250. The summed E-state index contributed by atoms with van der Waals surface area (Å²) >= 11 is 0. The number of ether oxygens (including phenoxy) is 6. The van der Waals surface area contributed by atoms with Gasteiger partial charge in [-0.2, -0.15) is 0 Å². The fourth-order valence-electron chi connectivity index (χ4n) is 3.96. The Morgan fingerprint density at radius 1 is 0.517 bits per heavy atom. The highest BCUT2D eigenvalue weighted by Gasteiger charge is 2.26. The molecule has 29 heavy (non-hydrogen) atoms. The molecule has 0 saturated heterocycles. The molecule has 0 heterocycles. The van der Waals surface area contributed by atoms with Gasteiger partial charge in [-0.15, -0.1) is 0 Å². The van der Waals surface area contributed by atoms with Crippen molar-refractivity contribution in [2.45, 2.75) is 79.8 Å². The van der Waals surface area contributed by atoms with E-state index in [1.165, 1.54) is 55.5 Å². The Bertz CT molecular complexity index is 305. The normalized spacial score (nSPS) is 15.5. The summed E-state index contributed by atoms with van der Waals surface area (Å²) in [5.41, 5.74) is 0. The molecule has 0 amide bonds. The van der Waals surface area contributed by atoms with Crippen LogP contribution in [0, 0.1) is 0 Å². The zero-order valence-corrected chi connectivity index (χ0v) is 25.4. The van der Waals surface area contributed by atoms with Crippen LogP contribution in [0.3, 0.4) is 0 Å². The standard InChI is InChI=1S/C19H48O6Si4/c1-20-17(21-2)26-11-8-14-29(7,15-9-12-27-18(22-3)23-4)16-10-13-28-19(24-5)25-6/h17-19H,8-16,26-28H2,1-7H3. The maximum Gasteiger partial charge on any atom is 0.134 e. The van der Waals surface area contributed by atoms with E-state index >= 15 is 0 Å². The first-order valence-electron chi connectivity index (χ1n) is 11.1. The van der Waals surface area contributed by atoms with Gasteiger partial charge < -0.3 is 28.4 Å². The number of hydrogen-bond acceptors (Lipinski definition) is 6. The van der Waals surface area contributed by atoms with Crippen molar-refractivity contribution in [3.8, 4) is 0 Å². The van der Waals surface area contributed by atoms with Gasteiger partial charge in [0, 0.05) is 42.7 Å². The Hall–Kier alpha value is 0.628. The molecule has 0 aliphatic heterocycles. The van der Waals surface area contributed by atoms with Crippen LogP contribution >= 0.6 is 0 Å². The quantitative estimate of drug-likeness (QED) is 0.140. The van der Waals surface area contributed by atoms with Crippen molar-refractivity contribution in [2.24, 2.45) is 0 Å². The molecule has 0 spiro atoms. The SMILES string of the molecule is COC(OC)[SiH2]CCC[Si](C)(CCC[SiH2]C(OC)OC)CCC[SiH2]C(OC)OC. The fourth-order valence-corrected chi connectivity index (χ4v) is 13.6. The number of rotatable bonds is 21. The summed E-state index contributed by atoms with van der Waals surface area (Å²) in [4.78, 5) is 0. The molecule has 0 aromatic heterocycles. The van der Waals surface area contributed by atoms with Crippen LogP contribution in [-0.2, 0) is 28.4 Å². The van der Waals surface area contributed by atoms with Gasteiger partial charge in [0.1, 0.15) is 17.7 Å². The Morgan fingerprint density at radius 3 is 0.966 bits per heavy atom. The number of methoxy groups -OCH3 is 6. The van der Waals surface area contributed by atoms with E-state index in [0.717, 1.165) is 0 Å². The molecule has 0 bridgehead atoms. The molecule has 10 heteroatoms. The summed E-state index contributed by atoms with van der Waals surface area (Å²) in [7, 11) is 8.45. The van der Waals surface area contributed by atoms with Gasteiger partial charge in [0.15, 0.2) is 0 Å². The summed E-state index contributed by atoms with van der Waals surface area (Å²) in [5, 5.41) is 0. The molecule has 0 atom stereocenters. The fraction of sp³-hybridized carbons (Fsp3) is 1.00. The largest absolute Gasteiger partial charge is 0.360 e. The van der Waals surface area contributed by atoms with E-state index in [1.54, 1.807) is 42.7 Å². The average molecular weight is 485 g/mol. The second kappa shape index (κ2) is 19.3. The molecular formula is C19H48O6Si4. The molecule has 176 valence electrons. The summed E-state index contributed by atoms with van der Waals surface area (Å²) in [6.45, 7) is 2.63. The smallest absolute Gasteiger partial charge is 0.134 e. The van der Waals surface area contributed by atoms with Crippen molar-refractivity contribution in [3.05, 3.63) is 0 Å². The summed E-state index contributed by atoms with van der Waals surface area (Å²) < 4.78 is 32.3. The van der Waals surface area contributed by atoms with Crippen LogP contribution in [0.5, 0.6) is 0 Å². The zero-order chi connectivity index (χ0) is 22.0. The van der Waals surface area contributed by atoms with Gasteiger partial charge in [-0.3, -0.25) is 0 Å².